The summed E-state index contributed by atoms with van der Waals surface area (Å²) in [7, 11) is 0. The molecule has 6 rings (SSSR count). The first-order valence-electron chi connectivity index (χ1n) is 15.2. The second kappa shape index (κ2) is 12.1. The summed E-state index contributed by atoms with van der Waals surface area (Å²) >= 11 is 0. The first-order chi connectivity index (χ1) is 22.3. The average Bonchev–Trinajstić information content (AvgIpc) is 3.81. The third kappa shape index (κ3) is 6.07. The van der Waals surface area contributed by atoms with E-state index < -0.39 is 47.1 Å². The monoisotopic (exact) mass is 652 g/mol. The molecule has 3 N–H and O–H groups in total. The molecule has 0 bridgehead atoms. The van der Waals surface area contributed by atoms with Crippen molar-refractivity contribution in [3.63, 3.8) is 0 Å². The molecule has 2 atom stereocenters. The predicted octanol–water partition coefficient (Wildman–Crippen LogP) is 5.33. The van der Waals surface area contributed by atoms with Crippen LogP contribution in [0.2, 0.25) is 0 Å². The van der Waals surface area contributed by atoms with Gasteiger partial charge in [0, 0.05) is 34.8 Å². The number of carbonyl (C=O) groups is 2. The number of hydrogen-bond donors (Lipinski definition) is 3. The molecular formula is C34H32F4N4O5. The SMILES string of the molecule is CCCNC(=O)[C@@]1(C)COc2c1cc(C(O)(CNC(=O)c1cc(OC3CC3)c3ncccc3c1)C(F)(F)F)nc2-c1ccc(F)cc1. The highest BCUT2D eigenvalue weighted by Gasteiger charge is 2.58. The van der Waals surface area contributed by atoms with Crippen molar-refractivity contribution in [2.24, 2.45) is 0 Å². The summed E-state index contributed by atoms with van der Waals surface area (Å²) in [5.74, 6) is -1.61. The topological polar surface area (TPSA) is 123 Å². The standard InChI is InChI=1S/C34H32F4N4O5/c1-3-12-40-31(44)32(2)18-46-29-24(32)16-26(42-28(29)19-6-8-22(35)9-7-19)33(45,34(36,37)38)17-41-30(43)21-14-20-5-4-13-39-27(20)25(15-21)47-23-10-11-23/h4-9,13-16,23,45H,3,10-12,17-18H2,1-2H3,(H,40,44)(H,41,43)/t32-,33?/m0/s1. The maximum absolute atomic E-state index is 14.9. The molecule has 47 heavy (non-hydrogen) atoms. The van der Waals surface area contributed by atoms with Crippen LogP contribution in [0.5, 0.6) is 11.5 Å². The molecule has 2 aliphatic rings. The van der Waals surface area contributed by atoms with Gasteiger partial charge in [-0.3, -0.25) is 14.6 Å². The van der Waals surface area contributed by atoms with Gasteiger partial charge in [-0.1, -0.05) is 13.0 Å². The number of nitrogens with zero attached hydrogens (tertiary/aromatic N) is 2. The van der Waals surface area contributed by atoms with Crippen molar-refractivity contribution in [3.8, 4) is 22.8 Å². The number of pyridine rings is 2. The Morgan fingerprint density at radius 3 is 2.53 bits per heavy atom. The minimum absolute atomic E-state index is 0.00755. The van der Waals surface area contributed by atoms with Crippen LogP contribution in [-0.4, -0.2) is 58.9 Å². The van der Waals surface area contributed by atoms with Crippen LogP contribution in [-0.2, 0) is 15.8 Å². The Morgan fingerprint density at radius 1 is 1.11 bits per heavy atom. The van der Waals surface area contributed by atoms with Gasteiger partial charge in [0.25, 0.3) is 5.91 Å². The molecule has 2 aromatic heterocycles. The van der Waals surface area contributed by atoms with Gasteiger partial charge >= 0.3 is 6.18 Å². The molecule has 2 aromatic carbocycles. The number of hydrogen-bond acceptors (Lipinski definition) is 7. The minimum atomic E-state index is -5.34. The van der Waals surface area contributed by atoms with Crippen molar-refractivity contribution in [1.82, 2.24) is 20.6 Å². The molecule has 0 saturated heterocycles. The number of alkyl halides is 3. The largest absolute Gasteiger partial charge is 0.489 e. The van der Waals surface area contributed by atoms with Gasteiger partial charge in [0.2, 0.25) is 11.5 Å². The number of aromatic nitrogens is 2. The van der Waals surface area contributed by atoms with Crippen LogP contribution in [0.3, 0.4) is 0 Å². The lowest BCUT2D eigenvalue weighted by atomic mass is 9.81. The smallest absolute Gasteiger partial charge is 0.424 e. The molecule has 0 radical (unpaired) electrons. The van der Waals surface area contributed by atoms with Crippen molar-refractivity contribution in [3.05, 3.63) is 83.4 Å². The second-order valence-electron chi connectivity index (χ2n) is 12.0. The van der Waals surface area contributed by atoms with Crippen molar-refractivity contribution in [2.75, 3.05) is 19.7 Å². The van der Waals surface area contributed by atoms with E-state index in [4.69, 9.17) is 9.47 Å². The first kappa shape index (κ1) is 32.2. The summed E-state index contributed by atoms with van der Waals surface area (Å²) in [6.07, 6.45) is -1.52. The molecule has 1 unspecified atom stereocenters. The fourth-order valence-corrected chi connectivity index (χ4v) is 5.41. The van der Waals surface area contributed by atoms with Crippen molar-refractivity contribution in [2.45, 2.75) is 56.4 Å². The number of aliphatic hydroxyl groups is 1. The molecule has 1 aliphatic carbocycles. The highest BCUT2D eigenvalue weighted by atomic mass is 19.4. The zero-order chi connectivity index (χ0) is 33.6. The molecule has 2 amide bonds. The summed E-state index contributed by atoms with van der Waals surface area (Å²) < 4.78 is 70.2. The lowest BCUT2D eigenvalue weighted by Crippen LogP contribution is -2.52. The van der Waals surface area contributed by atoms with Crippen LogP contribution in [0.15, 0.2) is 60.8 Å². The summed E-state index contributed by atoms with van der Waals surface area (Å²) in [6.45, 7) is 2.17. The van der Waals surface area contributed by atoms with Crippen LogP contribution in [0.1, 0.15) is 54.7 Å². The highest BCUT2D eigenvalue weighted by Crippen LogP contribution is 2.48. The summed E-state index contributed by atoms with van der Waals surface area (Å²) in [5, 5.41) is 17.0. The molecule has 1 fully saturated rings. The third-order valence-electron chi connectivity index (χ3n) is 8.37. The van der Waals surface area contributed by atoms with Crippen LogP contribution in [0.4, 0.5) is 17.6 Å². The van der Waals surface area contributed by atoms with Crippen LogP contribution in [0.25, 0.3) is 22.2 Å². The van der Waals surface area contributed by atoms with Gasteiger partial charge in [-0.15, -0.1) is 0 Å². The Kier molecular flexibility index (Phi) is 8.29. The van der Waals surface area contributed by atoms with Gasteiger partial charge in [0.1, 0.15) is 40.5 Å². The Balaban J connectivity index is 1.40. The van der Waals surface area contributed by atoms with E-state index in [1.165, 1.54) is 31.2 Å². The van der Waals surface area contributed by atoms with Gasteiger partial charge in [-0.2, -0.15) is 13.2 Å². The molecule has 9 nitrogen and oxygen atoms in total. The Bertz CT molecular complexity index is 1850. The Hall–Kier alpha value is -4.78. The van der Waals surface area contributed by atoms with Crippen LogP contribution < -0.4 is 20.1 Å². The van der Waals surface area contributed by atoms with Gasteiger partial charge < -0.3 is 25.2 Å². The molecule has 13 heteroatoms. The van der Waals surface area contributed by atoms with Crippen LogP contribution in [0, 0.1) is 5.82 Å². The van der Waals surface area contributed by atoms with E-state index in [0.29, 0.717) is 29.6 Å². The number of halogens is 4. The van der Waals surface area contributed by atoms with E-state index in [9.17, 15) is 32.3 Å². The number of rotatable bonds is 10. The lowest BCUT2D eigenvalue weighted by Gasteiger charge is -2.31. The van der Waals surface area contributed by atoms with E-state index in [-0.39, 0.29) is 40.8 Å². The number of nitrogens with one attached hydrogen (secondary N) is 2. The number of carbonyl (C=O) groups excluding carboxylic acids is 2. The summed E-state index contributed by atoms with van der Waals surface area (Å²) in [5.41, 5.74) is -5.37. The molecule has 0 spiro atoms. The van der Waals surface area contributed by atoms with Crippen molar-refractivity contribution >= 4 is 22.7 Å². The molecule has 3 heterocycles. The van der Waals surface area contributed by atoms with E-state index in [0.717, 1.165) is 31.0 Å². The Labute approximate surface area is 267 Å². The maximum Gasteiger partial charge on any atom is 0.424 e. The van der Waals surface area contributed by atoms with Gasteiger partial charge in [0.15, 0.2) is 0 Å². The van der Waals surface area contributed by atoms with Crippen LogP contribution >= 0.6 is 0 Å². The summed E-state index contributed by atoms with van der Waals surface area (Å²) in [4.78, 5) is 35.1. The highest BCUT2D eigenvalue weighted by molar-refractivity contribution is 6.00. The number of ether oxygens (including phenoxy) is 2. The molecule has 4 aromatic rings. The van der Waals surface area contributed by atoms with Crippen molar-refractivity contribution < 1.29 is 41.7 Å². The molecular weight excluding hydrogens is 620 g/mol. The van der Waals surface area contributed by atoms with Gasteiger partial charge in [-0.05, 0) is 74.7 Å². The zero-order valence-corrected chi connectivity index (χ0v) is 25.6. The van der Waals surface area contributed by atoms with E-state index in [2.05, 4.69) is 20.6 Å². The van der Waals surface area contributed by atoms with E-state index in [1.807, 2.05) is 6.92 Å². The Morgan fingerprint density at radius 2 is 1.85 bits per heavy atom. The number of benzene rings is 2. The first-order valence-corrected chi connectivity index (χ1v) is 15.2. The fraction of sp³-hybridized carbons (Fsp3) is 0.353. The van der Waals surface area contributed by atoms with Gasteiger partial charge in [0.05, 0.1) is 18.3 Å². The number of amides is 2. The molecule has 1 aliphatic heterocycles. The van der Waals surface area contributed by atoms with Gasteiger partial charge in [-0.25, -0.2) is 9.37 Å². The quantitative estimate of drug-likeness (QED) is 0.198. The third-order valence-corrected chi connectivity index (χ3v) is 8.37. The zero-order valence-electron chi connectivity index (χ0n) is 25.6. The van der Waals surface area contributed by atoms with E-state index in [1.54, 1.807) is 18.3 Å². The minimum Gasteiger partial charge on any atom is -0.489 e. The predicted molar refractivity (Wildman–Crippen MR) is 163 cm³/mol. The average molecular weight is 653 g/mol. The van der Waals surface area contributed by atoms with Crippen molar-refractivity contribution in [1.29, 1.82) is 0 Å². The number of fused-ring (bicyclic) bond motifs is 2. The molecule has 1 saturated carbocycles. The maximum atomic E-state index is 14.9. The lowest BCUT2D eigenvalue weighted by molar-refractivity contribution is -0.265. The fourth-order valence-electron chi connectivity index (χ4n) is 5.41. The normalized spacial score (nSPS) is 18.6. The second-order valence-corrected chi connectivity index (χ2v) is 12.0. The molecule has 246 valence electrons. The summed E-state index contributed by atoms with van der Waals surface area (Å²) in [6, 6.07) is 12.1. The van der Waals surface area contributed by atoms with E-state index >= 15 is 0 Å².